The van der Waals surface area contributed by atoms with Crippen molar-refractivity contribution in [3.63, 3.8) is 0 Å². The summed E-state index contributed by atoms with van der Waals surface area (Å²) < 4.78 is 12.1. The Balaban J connectivity index is 0.00000387. The Morgan fingerprint density at radius 3 is 2.24 bits per heavy atom. The van der Waals surface area contributed by atoms with E-state index in [1.165, 1.54) is 0 Å². The second-order valence-electron chi connectivity index (χ2n) is 9.94. The van der Waals surface area contributed by atoms with Crippen molar-refractivity contribution in [2.75, 3.05) is 0 Å². The van der Waals surface area contributed by atoms with Gasteiger partial charge in [-0.05, 0) is 68.1 Å². The molecule has 3 aromatic carbocycles. The maximum Gasteiger partial charge on any atom is 0.261 e. The maximum atomic E-state index is 13.9. The lowest BCUT2D eigenvalue weighted by Gasteiger charge is -2.16. The number of benzene rings is 3. The highest BCUT2D eigenvalue weighted by Crippen LogP contribution is 2.31. The molecular weight excluding hydrogens is 516 g/mol. The lowest BCUT2D eigenvalue weighted by Crippen LogP contribution is -2.28. The molecule has 8 nitrogen and oxygen atoms in total. The van der Waals surface area contributed by atoms with Gasteiger partial charge in [0.1, 0.15) is 11.6 Å². The number of ether oxygens (including phenoxy) is 1. The molecule has 2 aromatic heterocycles. The third-order valence-corrected chi connectivity index (χ3v) is 6.60. The molecule has 0 bridgehead atoms. The number of aromatic nitrogens is 4. The van der Waals surface area contributed by atoms with E-state index in [1.807, 2.05) is 93.6 Å². The second kappa shape index (κ2) is 12.6. The Bertz CT molecular complexity index is 1670. The second-order valence-corrected chi connectivity index (χ2v) is 9.94. The zero-order valence-electron chi connectivity index (χ0n) is 23.0. The summed E-state index contributed by atoms with van der Waals surface area (Å²) in [6.45, 7) is 7.92. The lowest BCUT2D eigenvalue weighted by molar-refractivity contribution is -0.303. The summed E-state index contributed by atoms with van der Waals surface area (Å²) in [5, 5.41) is 15.2. The van der Waals surface area contributed by atoms with Crippen molar-refractivity contribution in [2.24, 2.45) is 0 Å². The minimum Gasteiger partial charge on any atom is -0.528 e. The van der Waals surface area contributed by atoms with Crippen LogP contribution in [-0.2, 0) is 12.8 Å². The quantitative estimate of drug-likeness (QED) is 0.212. The van der Waals surface area contributed by atoms with Crippen LogP contribution in [0.4, 0.5) is 0 Å². The predicted octanol–water partition coefficient (Wildman–Crippen LogP) is 6.30. The molecule has 41 heavy (non-hydrogen) atoms. The standard InChI is InChI=1S/C32H32N4O4.CH4/c1-5-8-29-28(31(37)36(21(4)33-29)24-15-17-25(18-16-24)39-20(2)3)19-22-11-13-23(14-12-22)26-9-6-7-10-27(26)30-34-32(38)40-35-30;/h6-7,9-18,20H,5,8,19H2,1-4H3,(H,34,35,38);1H4/p-1. The van der Waals surface area contributed by atoms with Gasteiger partial charge in [-0.3, -0.25) is 9.36 Å². The first-order chi connectivity index (χ1) is 19.3. The van der Waals surface area contributed by atoms with Gasteiger partial charge in [0.05, 0.1) is 17.5 Å². The van der Waals surface area contributed by atoms with Crippen molar-refractivity contribution < 1.29 is 14.4 Å². The third-order valence-electron chi connectivity index (χ3n) is 6.60. The van der Waals surface area contributed by atoms with Gasteiger partial charge in [0, 0.05) is 17.5 Å². The third kappa shape index (κ3) is 6.38. The first-order valence-electron chi connectivity index (χ1n) is 13.4. The number of rotatable bonds is 9. The molecular formula is C33H35N4O4-. The fraction of sp³-hybridized carbons (Fsp3) is 0.273. The van der Waals surface area contributed by atoms with Gasteiger partial charge >= 0.3 is 0 Å². The minimum atomic E-state index is -0.722. The zero-order valence-corrected chi connectivity index (χ0v) is 23.0. The molecule has 0 aliphatic heterocycles. The van der Waals surface area contributed by atoms with Crippen molar-refractivity contribution in [1.82, 2.24) is 19.7 Å². The van der Waals surface area contributed by atoms with Gasteiger partial charge in [-0.1, -0.05) is 69.3 Å². The molecule has 0 spiro atoms. The molecule has 0 aliphatic rings. The van der Waals surface area contributed by atoms with Crippen LogP contribution >= 0.6 is 0 Å². The monoisotopic (exact) mass is 551 g/mol. The van der Waals surface area contributed by atoms with E-state index >= 15 is 0 Å². The summed E-state index contributed by atoms with van der Waals surface area (Å²) >= 11 is 0. The molecule has 5 aromatic rings. The molecule has 0 unspecified atom stereocenters. The van der Waals surface area contributed by atoms with E-state index in [4.69, 9.17) is 9.72 Å². The lowest BCUT2D eigenvalue weighted by atomic mass is 9.96. The SMILES string of the molecule is C.CCCc1nc(C)n(-c2ccc(OC(C)C)cc2)c(=O)c1Cc1ccc(-c2ccccc2-c2noc([O-])n2)cc1. The highest BCUT2D eigenvalue weighted by Gasteiger charge is 2.17. The van der Waals surface area contributed by atoms with E-state index in [1.54, 1.807) is 4.57 Å². The van der Waals surface area contributed by atoms with Crippen LogP contribution < -0.4 is 15.4 Å². The van der Waals surface area contributed by atoms with Crippen LogP contribution in [-0.4, -0.2) is 25.8 Å². The van der Waals surface area contributed by atoms with E-state index in [0.29, 0.717) is 23.4 Å². The van der Waals surface area contributed by atoms with E-state index in [9.17, 15) is 9.90 Å². The van der Waals surface area contributed by atoms with Crippen molar-refractivity contribution >= 4 is 0 Å². The summed E-state index contributed by atoms with van der Waals surface area (Å²) in [5.74, 6) is 1.67. The van der Waals surface area contributed by atoms with Crippen LogP contribution in [0.15, 0.2) is 82.1 Å². The molecule has 8 heteroatoms. The van der Waals surface area contributed by atoms with Gasteiger partial charge in [0.25, 0.3) is 5.56 Å². The number of hydrogen-bond donors (Lipinski definition) is 0. The van der Waals surface area contributed by atoms with Crippen LogP contribution in [0.5, 0.6) is 11.8 Å². The Hall–Kier alpha value is -4.72. The fourth-order valence-corrected chi connectivity index (χ4v) is 4.84. The normalized spacial score (nSPS) is 11.0. The van der Waals surface area contributed by atoms with Gasteiger partial charge in [0.15, 0.2) is 11.9 Å². The summed E-state index contributed by atoms with van der Waals surface area (Å²) in [6, 6.07) is 23.2. The highest BCUT2D eigenvalue weighted by atomic mass is 16.6. The van der Waals surface area contributed by atoms with Crippen molar-refractivity contribution in [3.05, 3.63) is 106 Å². The maximum absolute atomic E-state index is 13.9. The van der Waals surface area contributed by atoms with Crippen LogP contribution in [0.3, 0.4) is 0 Å². The van der Waals surface area contributed by atoms with Gasteiger partial charge in [-0.25, -0.2) is 9.97 Å². The topological polar surface area (TPSA) is 106 Å². The van der Waals surface area contributed by atoms with Gasteiger partial charge in [0.2, 0.25) is 0 Å². The fourth-order valence-electron chi connectivity index (χ4n) is 4.84. The smallest absolute Gasteiger partial charge is 0.261 e. The number of aryl methyl sites for hydroxylation is 2. The Morgan fingerprint density at radius 2 is 1.63 bits per heavy atom. The van der Waals surface area contributed by atoms with E-state index in [-0.39, 0.29) is 24.9 Å². The molecule has 0 amide bonds. The van der Waals surface area contributed by atoms with Crippen molar-refractivity contribution in [2.45, 2.75) is 60.5 Å². The van der Waals surface area contributed by atoms with Gasteiger partial charge in [-0.15, -0.1) is 0 Å². The molecule has 0 aliphatic carbocycles. The molecule has 0 atom stereocenters. The van der Waals surface area contributed by atoms with E-state index in [0.717, 1.165) is 46.7 Å². The first kappa shape index (κ1) is 29.3. The molecule has 5 rings (SSSR count). The molecule has 0 fully saturated rings. The molecule has 2 heterocycles. The highest BCUT2D eigenvalue weighted by molar-refractivity contribution is 5.80. The summed E-state index contributed by atoms with van der Waals surface area (Å²) in [5.41, 5.74) is 5.74. The number of hydrogen-bond acceptors (Lipinski definition) is 7. The Labute approximate surface area is 240 Å². The summed E-state index contributed by atoms with van der Waals surface area (Å²) in [4.78, 5) is 22.6. The van der Waals surface area contributed by atoms with E-state index < -0.39 is 6.08 Å². The zero-order chi connectivity index (χ0) is 28.2. The predicted molar refractivity (Wildman–Crippen MR) is 158 cm³/mol. The van der Waals surface area contributed by atoms with Crippen molar-refractivity contribution in [3.8, 4) is 40.0 Å². The molecule has 0 saturated heterocycles. The van der Waals surface area contributed by atoms with Gasteiger partial charge in [-0.2, -0.15) is 5.16 Å². The molecule has 0 saturated carbocycles. The summed E-state index contributed by atoms with van der Waals surface area (Å²) in [6.07, 6.45) is 1.43. The summed E-state index contributed by atoms with van der Waals surface area (Å²) in [7, 11) is 0. The van der Waals surface area contributed by atoms with Crippen LogP contribution in [0, 0.1) is 6.92 Å². The first-order valence-corrected chi connectivity index (χ1v) is 13.4. The molecule has 0 N–H and O–H groups in total. The van der Waals surface area contributed by atoms with Gasteiger partial charge < -0.3 is 14.4 Å². The Morgan fingerprint density at radius 1 is 0.951 bits per heavy atom. The average molecular weight is 552 g/mol. The van der Waals surface area contributed by atoms with Crippen molar-refractivity contribution in [1.29, 1.82) is 0 Å². The number of nitrogens with zero attached hydrogens (tertiary/aromatic N) is 4. The molecule has 0 radical (unpaired) electrons. The largest absolute Gasteiger partial charge is 0.528 e. The average Bonchev–Trinajstić information content (AvgIpc) is 3.38. The Kier molecular flexibility index (Phi) is 9.02. The minimum absolute atomic E-state index is 0. The molecule has 212 valence electrons. The van der Waals surface area contributed by atoms with Crippen LogP contribution in [0.2, 0.25) is 0 Å². The van der Waals surface area contributed by atoms with Crippen LogP contribution in [0.25, 0.3) is 28.2 Å². The van der Waals surface area contributed by atoms with Crippen LogP contribution in [0.1, 0.15) is 57.3 Å². The van der Waals surface area contributed by atoms with E-state index in [2.05, 4.69) is 21.6 Å².